The summed E-state index contributed by atoms with van der Waals surface area (Å²) >= 11 is 1.68. The van der Waals surface area contributed by atoms with Crippen LogP contribution in [-0.2, 0) is 6.42 Å². The highest BCUT2D eigenvalue weighted by Gasteiger charge is 2.30. The van der Waals surface area contributed by atoms with Crippen LogP contribution in [0.25, 0.3) is 10.2 Å². The lowest BCUT2D eigenvalue weighted by atomic mass is 10.1. The standard InChI is InChI=1S/C12H14N2OS/c1-7-4-9-10(5-11(15)8-2-3-8)13-6-14-12(9)16-7/h4,6,8,11,15H,2-3,5H2,1H3. The molecule has 84 valence electrons. The second-order valence-electron chi connectivity index (χ2n) is 4.51. The first kappa shape index (κ1) is 10.2. The van der Waals surface area contributed by atoms with E-state index in [-0.39, 0.29) is 6.10 Å². The van der Waals surface area contributed by atoms with Crippen LogP contribution in [0.3, 0.4) is 0 Å². The summed E-state index contributed by atoms with van der Waals surface area (Å²) in [7, 11) is 0. The van der Waals surface area contributed by atoms with E-state index in [0.29, 0.717) is 12.3 Å². The second-order valence-corrected chi connectivity index (χ2v) is 5.74. The highest BCUT2D eigenvalue weighted by atomic mass is 32.1. The van der Waals surface area contributed by atoms with Gasteiger partial charge in [0.1, 0.15) is 11.2 Å². The number of aromatic nitrogens is 2. The number of aliphatic hydroxyl groups excluding tert-OH is 1. The van der Waals surface area contributed by atoms with Crippen molar-refractivity contribution in [2.45, 2.75) is 32.3 Å². The lowest BCUT2D eigenvalue weighted by molar-refractivity contribution is 0.151. The van der Waals surface area contributed by atoms with E-state index in [9.17, 15) is 5.11 Å². The molecule has 4 heteroatoms. The maximum Gasteiger partial charge on any atom is 0.127 e. The molecule has 16 heavy (non-hydrogen) atoms. The molecule has 2 aromatic rings. The van der Waals surface area contributed by atoms with Gasteiger partial charge in [-0.2, -0.15) is 0 Å². The minimum atomic E-state index is -0.224. The van der Waals surface area contributed by atoms with Crippen LogP contribution in [0, 0.1) is 12.8 Å². The van der Waals surface area contributed by atoms with Crippen molar-refractivity contribution in [2.24, 2.45) is 5.92 Å². The van der Waals surface area contributed by atoms with Gasteiger partial charge >= 0.3 is 0 Å². The fraction of sp³-hybridized carbons (Fsp3) is 0.500. The number of aliphatic hydroxyl groups is 1. The normalized spacial score (nSPS) is 17.9. The Morgan fingerprint density at radius 3 is 3.06 bits per heavy atom. The number of hydrogen-bond donors (Lipinski definition) is 1. The molecule has 0 aromatic carbocycles. The minimum absolute atomic E-state index is 0.224. The van der Waals surface area contributed by atoms with Crippen molar-refractivity contribution in [3.63, 3.8) is 0 Å². The summed E-state index contributed by atoms with van der Waals surface area (Å²) in [5.41, 5.74) is 0.994. The van der Waals surface area contributed by atoms with E-state index >= 15 is 0 Å². The Balaban J connectivity index is 1.95. The van der Waals surface area contributed by atoms with Crippen molar-refractivity contribution in [3.05, 3.63) is 23.0 Å². The summed E-state index contributed by atoms with van der Waals surface area (Å²) in [6.45, 7) is 2.08. The van der Waals surface area contributed by atoms with Crippen molar-refractivity contribution < 1.29 is 5.11 Å². The molecule has 1 aliphatic carbocycles. The van der Waals surface area contributed by atoms with E-state index < -0.39 is 0 Å². The zero-order valence-corrected chi connectivity index (χ0v) is 10.00. The lowest BCUT2D eigenvalue weighted by Crippen LogP contribution is -2.13. The van der Waals surface area contributed by atoms with Gasteiger partial charge in [0.05, 0.1) is 11.8 Å². The first-order valence-electron chi connectivity index (χ1n) is 5.62. The average Bonchev–Trinajstić information content (AvgIpc) is 3.01. The second kappa shape index (κ2) is 3.79. The Bertz CT molecular complexity index is 519. The molecule has 0 saturated heterocycles. The third kappa shape index (κ3) is 1.83. The summed E-state index contributed by atoms with van der Waals surface area (Å²) in [6, 6.07) is 2.12. The maximum atomic E-state index is 9.95. The van der Waals surface area contributed by atoms with Gasteiger partial charge < -0.3 is 5.11 Å². The van der Waals surface area contributed by atoms with E-state index in [1.165, 1.54) is 4.88 Å². The predicted octanol–water partition coefficient (Wildman–Crippen LogP) is 2.31. The molecular formula is C12H14N2OS. The van der Waals surface area contributed by atoms with Gasteiger partial charge in [-0.15, -0.1) is 11.3 Å². The monoisotopic (exact) mass is 234 g/mol. The summed E-state index contributed by atoms with van der Waals surface area (Å²) in [5.74, 6) is 0.504. The molecule has 3 rings (SSSR count). The number of aryl methyl sites for hydroxylation is 1. The van der Waals surface area contributed by atoms with Crippen LogP contribution in [0.1, 0.15) is 23.4 Å². The van der Waals surface area contributed by atoms with Crippen molar-refractivity contribution in [2.75, 3.05) is 0 Å². The third-order valence-corrected chi connectivity index (χ3v) is 4.06. The van der Waals surface area contributed by atoms with Gasteiger partial charge in [-0.1, -0.05) is 0 Å². The van der Waals surface area contributed by atoms with E-state index in [2.05, 4.69) is 23.0 Å². The molecule has 1 aliphatic rings. The van der Waals surface area contributed by atoms with Crippen molar-refractivity contribution in [1.29, 1.82) is 0 Å². The molecule has 0 spiro atoms. The number of hydrogen-bond acceptors (Lipinski definition) is 4. The topological polar surface area (TPSA) is 46.0 Å². The fourth-order valence-corrected chi connectivity index (χ4v) is 2.90. The molecule has 1 N–H and O–H groups in total. The number of nitrogens with zero attached hydrogens (tertiary/aromatic N) is 2. The smallest absolute Gasteiger partial charge is 0.127 e. The Kier molecular flexibility index (Phi) is 2.41. The Morgan fingerprint density at radius 1 is 1.50 bits per heavy atom. The molecule has 0 bridgehead atoms. The van der Waals surface area contributed by atoms with Crippen LogP contribution in [0.15, 0.2) is 12.4 Å². The SMILES string of the molecule is Cc1cc2c(CC(O)C3CC3)ncnc2s1. The van der Waals surface area contributed by atoms with Crippen molar-refractivity contribution in [3.8, 4) is 0 Å². The zero-order chi connectivity index (χ0) is 11.1. The molecular weight excluding hydrogens is 220 g/mol. The minimum Gasteiger partial charge on any atom is -0.392 e. The fourth-order valence-electron chi connectivity index (χ4n) is 2.03. The Hall–Kier alpha value is -1.00. The van der Waals surface area contributed by atoms with Gasteiger partial charge in [-0.3, -0.25) is 0 Å². The molecule has 0 radical (unpaired) electrons. The molecule has 2 aromatic heterocycles. The first-order valence-corrected chi connectivity index (χ1v) is 6.44. The maximum absolute atomic E-state index is 9.95. The van der Waals surface area contributed by atoms with Crippen LogP contribution < -0.4 is 0 Å². The van der Waals surface area contributed by atoms with Gasteiger partial charge in [0, 0.05) is 16.7 Å². The largest absolute Gasteiger partial charge is 0.392 e. The van der Waals surface area contributed by atoms with E-state index in [4.69, 9.17) is 0 Å². The molecule has 1 fully saturated rings. The molecule has 2 heterocycles. The quantitative estimate of drug-likeness (QED) is 0.886. The molecule has 1 unspecified atom stereocenters. The summed E-state index contributed by atoms with van der Waals surface area (Å²) in [6.07, 6.45) is 4.38. The molecule has 1 saturated carbocycles. The Labute approximate surface area is 98.2 Å². The van der Waals surface area contributed by atoms with Crippen molar-refractivity contribution >= 4 is 21.6 Å². The van der Waals surface area contributed by atoms with Gasteiger partial charge in [0.2, 0.25) is 0 Å². The van der Waals surface area contributed by atoms with Gasteiger partial charge in [-0.25, -0.2) is 9.97 Å². The third-order valence-electron chi connectivity index (χ3n) is 3.10. The van der Waals surface area contributed by atoms with Crippen LogP contribution in [0.4, 0.5) is 0 Å². The number of fused-ring (bicyclic) bond motifs is 1. The molecule has 3 nitrogen and oxygen atoms in total. The van der Waals surface area contributed by atoms with Crippen LogP contribution in [0.2, 0.25) is 0 Å². The van der Waals surface area contributed by atoms with Gasteiger partial charge in [-0.05, 0) is 31.7 Å². The highest BCUT2D eigenvalue weighted by Crippen LogP contribution is 2.35. The summed E-state index contributed by atoms with van der Waals surface area (Å²) in [5, 5.41) is 11.1. The molecule has 0 amide bonds. The van der Waals surface area contributed by atoms with Crippen LogP contribution in [-0.4, -0.2) is 21.2 Å². The average molecular weight is 234 g/mol. The van der Waals surface area contributed by atoms with Gasteiger partial charge in [0.15, 0.2) is 0 Å². The van der Waals surface area contributed by atoms with E-state index in [1.54, 1.807) is 17.7 Å². The lowest BCUT2D eigenvalue weighted by Gasteiger charge is -2.08. The molecule has 0 aliphatic heterocycles. The number of rotatable bonds is 3. The summed E-state index contributed by atoms with van der Waals surface area (Å²) < 4.78 is 0. The predicted molar refractivity (Wildman–Crippen MR) is 64.6 cm³/mol. The molecule has 1 atom stereocenters. The van der Waals surface area contributed by atoms with Crippen molar-refractivity contribution in [1.82, 2.24) is 9.97 Å². The Morgan fingerprint density at radius 2 is 2.31 bits per heavy atom. The first-order chi connectivity index (χ1) is 7.74. The van der Waals surface area contributed by atoms with Crippen LogP contribution >= 0.6 is 11.3 Å². The van der Waals surface area contributed by atoms with Gasteiger partial charge in [0.25, 0.3) is 0 Å². The highest BCUT2D eigenvalue weighted by molar-refractivity contribution is 7.18. The van der Waals surface area contributed by atoms with E-state index in [0.717, 1.165) is 28.8 Å². The zero-order valence-electron chi connectivity index (χ0n) is 9.18. The van der Waals surface area contributed by atoms with Crippen LogP contribution in [0.5, 0.6) is 0 Å². The summed E-state index contributed by atoms with van der Waals surface area (Å²) in [4.78, 5) is 10.8. The van der Waals surface area contributed by atoms with E-state index in [1.807, 2.05) is 0 Å². The number of thiophene rings is 1.